The third-order valence-electron chi connectivity index (χ3n) is 3.83. The first kappa shape index (κ1) is 20.7. The van der Waals surface area contributed by atoms with E-state index in [0.29, 0.717) is 6.61 Å². The van der Waals surface area contributed by atoms with Crippen LogP contribution in [0.4, 0.5) is 4.79 Å². The molecule has 134 valence electrons. The first-order valence-corrected chi connectivity index (χ1v) is 11.4. The Kier molecular flexibility index (Phi) is 7.89. The number of benzene rings is 3. The monoisotopic (exact) mass is 446 g/mol. The van der Waals surface area contributed by atoms with E-state index in [1.165, 1.54) is 11.4 Å². The molecule has 0 amide bonds. The Bertz CT molecular complexity index is 717. The van der Waals surface area contributed by atoms with Gasteiger partial charge in [-0.25, -0.2) is 4.79 Å². The van der Waals surface area contributed by atoms with Crippen molar-refractivity contribution in [3.63, 3.8) is 0 Å². The van der Waals surface area contributed by atoms with Crippen LogP contribution in [0.25, 0.3) is 0 Å². The lowest BCUT2D eigenvalue weighted by Crippen LogP contribution is -3.00. The molecular formula is C21H20BrO2PS. The van der Waals surface area contributed by atoms with Crippen molar-refractivity contribution in [3.8, 4) is 0 Å². The van der Waals surface area contributed by atoms with Crippen molar-refractivity contribution >= 4 is 39.1 Å². The fraction of sp³-hybridized carbons (Fsp3) is 0.0952. The van der Waals surface area contributed by atoms with E-state index in [1.807, 2.05) is 61.5 Å². The molecule has 0 fully saturated rings. The van der Waals surface area contributed by atoms with Crippen LogP contribution in [0.5, 0.6) is 0 Å². The van der Waals surface area contributed by atoms with Gasteiger partial charge in [0.2, 0.25) is 0 Å². The minimum absolute atomic E-state index is 0. The summed E-state index contributed by atoms with van der Waals surface area (Å²) in [6, 6.07) is 30.9. The van der Waals surface area contributed by atoms with Gasteiger partial charge < -0.3 is 21.7 Å². The van der Waals surface area contributed by atoms with E-state index in [-0.39, 0.29) is 22.3 Å². The van der Waals surface area contributed by atoms with Crippen molar-refractivity contribution in [3.05, 3.63) is 91.0 Å². The molecule has 3 rings (SSSR count). The zero-order chi connectivity index (χ0) is 17.5. The van der Waals surface area contributed by atoms with E-state index in [2.05, 4.69) is 36.4 Å². The van der Waals surface area contributed by atoms with E-state index in [4.69, 9.17) is 4.74 Å². The minimum Gasteiger partial charge on any atom is -1.00 e. The van der Waals surface area contributed by atoms with Crippen LogP contribution in [0.3, 0.4) is 0 Å². The molecule has 0 spiro atoms. The molecular weight excluding hydrogens is 427 g/mol. The molecule has 0 saturated heterocycles. The zero-order valence-electron chi connectivity index (χ0n) is 14.4. The fourth-order valence-electron chi connectivity index (χ4n) is 2.78. The average Bonchev–Trinajstić information content (AvgIpc) is 2.68. The van der Waals surface area contributed by atoms with Crippen LogP contribution in [0.15, 0.2) is 91.0 Å². The van der Waals surface area contributed by atoms with Crippen molar-refractivity contribution in [1.82, 2.24) is 0 Å². The van der Waals surface area contributed by atoms with Crippen LogP contribution in [0.1, 0.15) is 6.92 Å². The smallest absolute Gasteiger partial charge is 0.407 e. The SMILES string of the molecule is CCOC(=O)S[P+](c1ccccc1)(c1ccccc1)c1ccccc1.[Br-]. The fourth-order valence-corrected chi connectivity index (χ4v) is 9.03. The molecule has 0 aliphatic rings. The number of hydrogen-bond donors (Lipinski definition) is 0. The van der Waals surface area contributed by atoms with Gasteiger partial charge in [0.05, 0.1) is 6.61 Å². The summed E-state index contributed by atoms with van der Waals surface area (Å²) in [5, 5.41) is 3.24. The van der Waals surface area contributed by atoms with Gasteiger partial charge in [0.25, 0.3) is 0 Å². The first-order chi connectivity index (χ1) is 12.3. The molecule has 3 aromatic carbocycles. The van der Waals surface area contributed by atoms with E-state index in [0.717, 1.165) is 15.9 Å². The number of carbonyl (C=O) groups is 1. The van der Waals surface area contributed by atoms with Crippen LogP contribution in [-0.4, -0.2) is 11.9 Å². The van der Waals surface area contributed by atoms with Crippen LogP contribution in [0.2, 0.25) is 0 Å². The van der Waals surface area contributed by atoms with Crippen molar-refractivity contribution in [2.45, 2.75) is 6.92 Å². The van der Waals surface area contributed by atoms with Gasteiger partial charge >= 0.3 is 5.30 Å². The van der Waals surface area contributed by atoms with Gasteiger partial charge in [0.15, 0.2) is 17.8 Å². The maximum atomic E-state index is 12.5. The van der Waals surface area contributed by atoms with Crippen LogP contribution in [-0.2, 0) is 4.74 Å². The van der Waals surface area contributed by atoms with Crippen molar-refractivity contribution in [2.75, 3.05) is 6.61 Å². The Morgan fingerprint density at radius 3 is 1.42 bits per heavy atom. The van der Waals surface area contributed by atoms with Gasteiger partial charge in [-0.05, 0) is 43.3 Å². The third-order valence-corrected chi connectivity index (χ3v) is 10.6. The standard InChI is InChI=1S/C21H20O2PS.BrH/c1-2-23-21(22)25-24(18-12-6-3-7-13-18,19-14-8-4-9-15-19)20-16-10-5-11-17-20;/h3-17H,2H2,1H3;1H/q+1;/p-1. The number of carbonyl (C=O) groups excluding carboxylic acids is 1. The predicted molar refractivity (Wildman–Crippen MR) is 110 cm³/mol. The molecule has 0 saturated carbocycles. The summed E-state index contributed by atoms with van der Waals surface area (Å²) in [4.78, 5) is 12.5. The molecule has 26 heavy (non-hydrogen) atoms. The number of rotatable bonds is 5. The molecule has 0 unspecified atom stereocenters. The zero-order valence-corrected chi connectivity index (χ0v) is 17.7. The van der Waals surface area contributed by atoms with Crippen molar-refractivity contribution < 1.29 is 26.5 Å². The van der Waals surface area contributed by atoms with Gasteiger partial charge in [0, 0.05) is 0 Å². The molecule has 0 aromatic heterocycles. The largest absolute Gasteiger partial charge is 1.00 e. The van der Waals surface area contributed by atoms with Crippen molar-refractivity contribution in [1.29, 1.82) is 0 Å². The van der Waals surface area contributed by atoms with E-state index in [1.54, 1.807) is 0 Å². The quantitative estimate of drug-likeness (QED) is 0.441. The summed E-state index contributed by atoms with van der Waals surface area (Å²) in [7, 11) is 0. The van der Waals surface area contributed by atoms with Crippen LogP contribution in [0, 0.1) is 0 Å². The summed E-state index contributed by atoms with van der Waals surface area (Å²) in [6.07, 6.45) is 0. The van der Waals surface area contributed by atoms with E-state index >= 15 is 0 Å². The van der Waals surface area contributed by atoms with Gasteiger partial charge in [-0.1, -0.05) is 54.6 Å². The highest BCUT2D eigenvalue weighted by atomic mass is 79.9. The molecule has 3 aromatic rings. The second-order valence-electron chi connectivity index (χ2n) is 5.39. The van der Waals surface area contributed by atoms with E-state index in [9.17, 15) is 4.79 Å². The number of hydrogen-bond acceptors (Lipinski definition) is 3. The molecule has 0 N–H and O–H groups in total. The topological polar surface area (TPSA) is 26.3 Å². The molecule has 0 heterocycles. The molecule has 2 nitrogen and oxygen atoms in total. The minimum atomic E-state index is -2.20. The second-order valence-corrected chi connectivity index (χ2v) is 10.9. The van der Waals surface area contributed by atoms with Crippen LogP contribution >= 0.6 is 17.8 Å². The highest BCUT2D eigenvalue weighted by molar-refractivity contribution is 8.75. The Morgan fingerprint density at radius 1 is 0.769 bits per heavy atom. The van der Waals surface area contributed by atoms with Gasteiger partial charge in [-0.2, -0.15) is 0 Å². The van der Waals surface area contributed by atoms with E-state index < -0.39 is 6.46 Å². The Hall–Kier alpha value is -1.61. The van der Waals surface area contributed by atoms with Gasteiger partial charge in [0.1, 0.15) is 15.9 Å². The highest BCUT2D eigenvalue weighted by Crippen LogP contribution is 2.67. The molecule has 0 aliphatic carbocycles. The summed E-state index contributed by atoms with van der Waals surface area (Å²) in [5.74, 6) is 0. The Balaban J connectivity index is 0.00000243. The average molecular weight is 447 g/mol. The Labute approximate surface area is 169 Å². The lowest BCUT2D eigenvalue weighted by atomic mass is 10.4. The van der Waals surface area contributed by atoms with Crippen molar-refractivity contribution in [2.24, 2.45) is 0 Å². The summed E-state index contributed by atoms with van der Waals surface area (Å²) < 4.78 is 5.31. The highest BCUT2D eigenvalue weighted by Gasteiger charge is 2.50. The summed E-state index contributed by atoms with van der Waals surface area (Å²) >= 11 is 1.33. The second kappa shape index (κ2) is 9.91. The lowest BCUT2D eigenvalue weighted by molar-refractivity contribution is -0.00000965. The predicted octanol–water partition coefficient (Wildman–Crippen LogP) is 1.79. The van der Waals surface area contributed by atoms with Crippen LogP contribution < -0.4 is 32.9 Å². The van der Waals surface area contributed by atoms with Gasteiger partial charge in [-0.3, -0.25) is 0 Å². The molecule has 0 bridgehead atoms. The normalized spacial score (nSPS) is 10.7. The lowest BCUT2D eigenvalue weighted by Gasteiger charge is -2.24. The molecule has 0 radical (unpaired) electrons. The maximum Gasteiger partial charge on any atom is 0.407 e. The third kappa shape index (κ3) is 4.37. The number of halogens is 1. The number of ether oxygens (including phenoxy) is 1. The molecule has 5 heteroatoms. The summed E-state index contributed by atoms with van der Waals surface area (Å²) in [5.41, 5.74) is 0. The van der Waals surface area contributed by atoms with Gasteiger partial charge in [-0.15, -0.1) is 0 Å². The first-order valence-electron chi connectivity index (χ1n) is 8.19. The Morgan fingerprint density at radius 2 is 1.12 bits per heavy atom. The molecule has 0 aliphatic heterocycles. The molecule has 0 atom stereocenters. The maximum absolute atomic E-state index is 12.5. The summed E-state index contributed by atoms with van der Waals surface area (Å²) in [6.45, 7) is 0.0216.